The number of nitrogens with one attached hydrogen (secondary N) is 7. The predicted octanol–water partition coefficient (Wildman–Crippen LogP) is 1.79. The summed E-state index contributed by atoms with van der Waals surface area (Å²) in [5.41, 5.74) is 1.39. The number of hydrogen-bond donors (Lipinski definition) is 12. The Morgan fingerprint density at radius 2 is 0.918 bits per heavy atom. The van der Waals surface area contributed by atoms with Crippen LogP contribution in [0.15, 0.2) is 17.9 Å². The molecule has 0 fully saturated rings. The summed E-state index contributed by atoms with van der Waals surface area (Å²) in [4.78, 5) is 129. The van der Waals surface area contributed by atoms with Gasteiger partial charge in [-0.15, -0.1) is 0 Å². The first kappa shape index (κ1) is 52.2. The predicted molar refractivity (Wildman–Crippen MR) is 225 cm³/mol. The van der Waals surface area contributed by atoms with Gasteiger partial charge in [0, 0.05) is 60.6 Å². The number of halogens is 4. The molecule has 27 heteroatoms. The summed E-state index contributed by atoms with van der Waals surface area (Å²) in [6.07, 6.45) is -5.41. The molecular weight excluding hydrogens is 1080 g/mol. The first-order valence-electron chi connectivity index (χ1n) is 18.1. The molecule has 2 rings (SSSR count). The number of carbonyl (C=O) groups excluding carboxylic acids is 5. The summed E-state index contributed by atoms with van der Waals surface area (Å²) in [6.45, 7) is 0.616. The van der Waals surface area contributed by atoms with Crippen LogP contribution in [0.3, 0.4) is 0 Å². The average Bonchev–Trinajstić information content (AvgIpc) is 3.62. The van der Waals surface area contributed by atoms with Gasteiger partial charge in [0.2, 0.25) is 35.5 Å². The highest BCUT2D eigenvalue weighted by Gasteiger charge is 2.32. The number of rotatable bonds is 28. The lowest BCUT2D eigenvalue weighted by Gasteiger charge is -2.25. The van der Waals surface area contributed by atoms with Gasteiger partial charge in [0.05, 0.1) is 14.5 Å². The Kier molecular flexibility index (Phi) is 22.1. The molecule has 2 aromatic rings. The summed E-state index contributed by atoms with van der Waals surface area (Å²) in [6, 6.07) is -6.90. The van der Waals surface area contributed by atoms with E-state index in [-0.39, 0.29) is 13.0 Å². The van der Waals surface area contributed by atoms with E-state index in [4.69, 9.17) is 10.2 Å². The number of anilines is 1. The Labute approximate surface area is 379 Å². The monoisotopic (exact) mass is 1120 g/mol. The van der Waals surface area contributed by atoms with Gasteiger partial charge in [-0.1, -0.05) is 0 Å². The van der Waals surface area contributed by atoms with Crippen molar-refractivity contribution < 1.29 is 73.5 Å². The molecule has 0 unspecified atom stereocenters. The van der Waals surface area contributed by atoms with Gasteiger partial charge in [-0.25, -0.2) is 9.78 Å². The SMILES string of the molecule is O=C(O)CC[C@H](NC(=O)[C@H](CCC(=O)O)NC(=O)[C@H](CCC(=O)O)NC(=O)[C@H](CCC(=O)O)NC(=O)CCC(=O)NCCCNc1nc2c(Br)c(Br)c(Br)c(Br)c2[nH]1)C(=O)O. The molecule has 5 amide bonds. The Balaban J connectivity index is 2.04. The van der Waals surface area contributed by atoms with E-state index in [0.717, 1.165) is 23.4 Å². The van der Waals surface area contributed by atoms with Crippen LogP contribution in [0.1, 0.15) is 70.6 Å². The fourth-order valence-electron chi connectivity index (χ4n) is 5.24. The zero-order chi connectivity index (χ0) is 46.0. The van der Waals surface area contributed by atoms with Crippen LogP contribution in [-0.2, 0) is 47.9 Å². The molecule has 4 atom stereocenters. The van der Waals surface area contributed by atoms with E-state index in [2.05, 4.69) is 100 Å². The first-order valence-corrected chi connectivity index (χ1v) is 21.3. The molecule has 0 bridgehead atoms. The Bertz CT molecular complexity index is 1950. The number of aromatic amines is 1. The van der Waals surface area contributed by atoms with Crippen LogP contribution in [0.4, 0.5) is 5.95 Å². The average molecular weight is 1120 g/mol. The van der Waals surface area contributed by atoms with Crippen LogP contribution in [0.5, 0.6) is 0 Å². The third kappa shape index (κ3) is 18.3. The number of carboxylic acids is 5. The second-order valence-electron chi connectivity index (χ2n) is 13.1. The molecule has 1 heterocycles. The van der Waals surface area contributed by atoms with Crippen molar-refractivity contribution in [1.29, 1.82) is 0 Å². The number of carboxylic acid groups (broad SMARTS) is 5. The van der Waals surface area contributed by atoms with Gasteiger partial charge in [-0.05, 0) is 95.8 Å². The minimum atomic E-state index is -1.77. The van der Waals surface area contributed by atoms with E-state index < -0.39 is 141 Å². The zero-order valence-corrected chi connectivity index (χ0v) is 38.1. The normalized spacial score (nSPS) is 12.9. The van der Waals surface area contributed by atoms with Gasteiger partial charge in [-0.3, -0.25) is 43.2 Å². The Morgan fingerprint density at radius 3 is 1.38 bits per heavy atom. The molecule has 1 aromatic heterocycles. The van der Waals surface area contributed by atoms with Crippen LogP contribution in [-0.4, -0.2) is 132 Å². The number of aliphatic carboxylic acids is 5. The molecule has 0 aliphatic rings. The number of benzene rings is 1. The zero-order valence-electron chi connectivity index (χ0n) is 31.8. The minimum Gasteiger partial charge on any atom is -0.481 e. The largest absolute Gasteiger partial charge is 0.481 e. The maximum absolute atomic E-state index is 13.4. The molecule has 61 heavy (non-hydrogen) atoms. The summed E-state index contributed by atoms with van der Waals surface area (Å²) < 4.78 is 3.02. The number of imidazole rings is 1. The van der Waals surface area contributed by atoms with Crippen LogP contribution in [0.25, 0.3) is 11.0 Å². The first-order chi connectivity index (χ1) is 28.6. The van der Waals surface area contributed by atoms with Crippen molar-refractivity contribution in [3.8, 4) is 0 Å². The molecule has 1 aromatic carbocycles. The van der Waals surface area contributed by atoms with E-state index in [9.17, 15) is 63.3 Å². The van der Waals surface area contributed by atoms with Crippen molar-refractivity contribution in [2.45, 2.75) is 94.8 Å². The van der Waals surface area contributed by atoms with Gasteiger partial charge >= 0.3 is 29.8 Å². The van der Waals surface area contributed by atoms with Crippen molar-refractivity contribution in [2.75, 3.05) is 18.4 Å². The summed E-state index contributed by atoms with van der Waals surface area (Å²) in [5, 5.41) is 60.4. The van der Waals surface area contributed by atoms with Crippen LogP contribution in [0.2, 0.25) is 0 Å². The Morgan fingerprint density at radius 1 is 0.508 bits per heavy atom. The third-order valence-corrected chi connectivity index (χ3v) is 13.1. The Hall–Kier alpha value is -4.89. The number of fused-ring (bicyclic) bond motifs is 1. The number of H-pyrrole nitrogens is 1. The van der Waals surface area contributed by atoms with E-state index in [1.54, 1.807) is 0 Å². The highest BCUT2D eigenvalue weighted by Crippen LogP contribution is 2.42. The van der Waals surface area contributed by atoms with Crippen LogP contribution >= 0.6 is 63.7 Å². The number of carbonyl (C=O) groups is 10. The number of nitrogens with zero attached hydrogens (tertiary/aromatic N) is 1. The standard InChI is InChI=1S/C34H42Br4N8O15/c35-24-25(36)27(38)29-28(26(24)37)45-34(46-29)40-13-1-12-39-18(47)6-7-19(48)41-14(2-8-20(49)50)30(57)42-15(3-9-21(51)52)31(58)43-16(4-10-22(53)54)32(59)44-17(33(60)61)5-11-23(55)56/h14-17H,1-13H2,(H,39,47)(H,41,48)(H,42,57)(H,43,58)(H,44,59)(H,49,50)(H,51,52)(H,53,54)(H,55,56)(H,60,61)(H2,40,45,46)/t14-,15-,16-,17-/m0/s1. The molecule has 0 saturated carbocycles. The quantitative estimate of drug-likeness (QED) is 0.0328. The van der Waals surface area contributed by atoms with E-state index in [0.29, 0.717) is 24.4 Å². The van der Waals surface area contributed by atoms with Gasteiger partial charge < -0.3 is 62.4 Å². The van der Waals surface area contributed by atoms with E-state index in [1.165, 1.54) is 0 Å². The molecule has 0 aliphatic heterocycles. The lowest BCUT2D eigenvalue weighted by Crippen LogP contribution is -2.58. The smallest absolute Gasteiger partial charge is 0.326 e. The molecule has 12 N–H and O–H groups in total. The topological polar surface area (TPSA) is 373 Å². The van der Waals surface area contributed by atoms with Gasteiger partial charge in [0.25, 0.3) is 0 Å². The van der Waals surface area contributed by atoms with Gasteiger partial charge in [0.1, 0.15) is 29.7 Å². The maximum atomic E-state index is 13.4. The number of amides is 5. The van der Waals surface area contributed by atoms with Crippen molar-refractivity contribution in [3.63, 3.8) is 0 Å². The molecule has 0 aliphatic carbocycles. The van der Waals surface area contributed by atoms with Gasteiger partial charge in [0.15, 0.2) is 0 Å². The van der Waals surface area contributed by atoms with E-state index >= 15 is 0 Å². The highest BCUT2D eigenvalue weighted by molar-refractivity contribution is 9.15. The molecular formula is C34H42Br4N8O15. The van der Waals surface area contributed by atoms with Crippen LogP contribution < -0.4 is 31.9 Å². The van der Waals surface area contributed by atoms with E-state index in [1.807, 2.05) is 5.32 Å². The second-order valence-corrected chi connectivity index (χ2v) is 16.2. The van der Waals surface area contributed by atoms with Crippen molar-refractivity contribution in [1.82, 2.24) is 36.6 Å². The lowest BCUT2D eigenvalue weighted by atomic mass is 10.0. The number of aromatic nitrogens is 2. The summed E-state index contributed by atoms with van der Waals surface area (Å²) >= 11 is 14.0. The van der Waals surface area contributed by atoms with Crippen LogP contribution in [0, 0.1) is 0 Å². The molecule has 0 radical (unpaired) electrons. The molecule has 336 valence electrons. The second kappa shape index (κ2) is 25.8. The minimum absolute atomic E-state index is 0.214. The lowest BCUT2D eigenvalue weighted by molar-refractivity contribution is -0.144. The molecule has 0 spiro atoms. The van der Waals surface area contributed by atoms with Gasteiger partial charge in [-0.2, -0.15) is 0 Å². The highest BCUT2D eigenvalue weighted by atomic mass is 79.9. The third-order valence-electron chi connectivity index (χ3n) is 8.38. The fraction of sp³-hybridized carbons (Fsp3) is 0.500. The molecule has 23 nitrogen and oxygen atoms in total. The molecule has 0 saturated heterocycles. The fourth-order valence-corrected chi connectivity index (χ4v) is 7.52. The maximum Gasteiger partial charge on any atom is 0.326 e. The van der Waals surface area contributed by atoms with Crippen molar-refractivity contribution in [2.24, 2.45) is 0 Å². The van der Waals surface area contributed by atoms with Crippen molar-refractivity contribution in [3.05, 3.63) is 17.9 Å². The van der Waals surface area contributed by atoms with Crippen molar-refractivity contribution >= 4 is 140 Å². The summed E-state index contributed by atoms with van der Waals surface area (Å²) in [5.74, 6) is -11.7. The number of hydrogen-bond acceptors (Lipinski definition) is 12. The summed E-state index contributed by atoms with van der Waals surface area (Å²) in [7, 11) is 0.